The minimum absolute atomic E-state index is 0.0749. The number of carbonyl (C=O) groups is 3. The highest BCUT2D eigenvalue weighted by Crippen LogP contribution is 2.17. The van der Waals surface area contributed by atoms with Gasteiger partial charge < -0.3 is 14.2 Å². The van der Waals surface area contributed by atoms with Gasteiger partial charge in [0, 0.05) is 19.3 Å². The lowest BCUT2D eigenvalue weighted by atomic mass is 10.0. The first-order chi connectivity index (χ1) is 35.5. The predicted molar refractivity (Wildman–Crippen MR) is 312 cm³/mol. The lowest BCUT2D eigenvalue weighted by Gasteiger charge is -2.18. The maximum absolute atomic E-state index is 12.9. The van der Waals surface area contributed by atoms with Crippen LogP contribution in [0.25, 0.3) is 0 Å². The van der Waals surface area contributed by atoms with E-state index in [0.29, 0.717) is 19.3 Å². The van der Waals surface area contributed by atoms with E-state index in [1.165, 1.54) is 238 Å². The van der Waals surface area contributed by atoms with Crippen molar-refractivity contribution in [3.63, 3.8) is 0 Å². The first-order valence-corrected chi connectivity index (χ1v) is 32.0. The molecule has 0 aromatic rings. The van der Waals surface area contributed by atoms with E-state index < -0.39 is 6.10 Å². The number of hydrogen-bond acceptors (Lipinski definition) is 6. The molecule has 1 atom stereocenters. The first kappa shape index (κ1) is 69.6. The van der Waals surface area contributed by atoms with Crippen molar-refractivity contribution in [2.45, 2.75) is 354 Å². The monoisotopic (exact) mass is 1010 g/mol. The smallest absolute Gasteiger partial charge is 0.306 e. The zero-order valence-corrected chi connectivity index (χ0v) is 48.5. The van der Waals surface area contributed by atoms with Crippen LogP contribution >= 0.6 is 0 Å². The fourth-order valence-corrected chi connectivity index (χ4v) is 9.47. The average Bonchev–Trinajstić information content (AvgIpc) is 3.38. The van der Waals surface area contributed by atoms with Crippen molar-refractivity contribution in [3.05, 3.63) is 36.5 Å². The van der Waals surface area contributed by atoms with Crippen molar-refractivity contribution in [1.29, 1.82) is 0 Å². The zero-order chi connectivity index (χ0) is 52.2. The van der Waals surface area contributed by atoms with Gasteiger partial charge in [0.05, 0.1) is 0 Å². The van der Waals surface area contributed by atoms with E-state index in [0.717, 1.165) is 70.6 Å². The van der Waals surface area contributed by atoms with Gasteiger partial charge in [0.15, 0.2) is 6.10 Å². The Balaban J connectivity index is 4.17. The topological polar surface area (TPSA) is 78.9 Å². The van der Waals surface area contributed by atoms with E-state index in [1.807, 2.05) is 0 Å². The Bertz CT molecular complexity index is 1210. The van der Waals surface area contributed by atoms with Crippen LogP contribution in [0.5, 0.6) is 0 Å². The second-order valence-corrected chi connectivity index (χ2v) is 21.7. The van der Waals surface area contributed by atoms with Crippen molar-refractivity contribution in [2.75, 3.05) is 13.2 Å². The second kappa shape index (κ2) is 61.2. The van der Waals surface area contributed by atoms with E-state index in [4.69, 9.17) is 14.2 Å². The van der Waals surface area contributed by atoms with Crippen molar-refractivity contribution in [3.8, 4) is 0 Å². The standard InChI is InChI=1S/C66H122O6/c1-4-7-10-13-16-19-22-24-26-28-29-30-31-32-33-34-35-36-37-38-40-41-44-47-50-53-56-59-65(68)71-62-63(61-70-64(67)58-55-52-49-46-43-21-18-15-12-9-6-3)72-66(69)60-57-54-51-48-45-42-39-27-25-23-20-17-14-11-8-5-2/h15,18,27-29,39,63H,4-14,16-17,19-26,30-38,40-62H2,1-3H3/b18-15-,29-28-,39-27-. The van der Waals surface area contributed by atoms with Crippen LogP contribution in [-0.2, 0) is 28.6 Å². The maximum Gasteiger partial charge on any atom is 0.306 e. The van der Waals surface area contributed by atoms with Crippen LogP contribution in [0.4, 0.5) is 0 Å². The summed E-state index contributed by atoms with van der Waals surface area (Å²) in [5.74, 6) is -0.874. The van der Waals surface area contributed by atoms with Crippen molar-refractivity contribution < 1.29 is 28.6 Å². The average molecular weight is 1010 g/mol. The summed E-state index contributed by atoms with van der Waals surface area (Å²) in [5, 5.41) is 0. The lowest BCUT2D eigenvalue weighted by molar-refractivity contribution is -0.167. The molecule has 0 aliphatic carbocycles. The highest BCUT2D eigenvalue weighted by atomic mass is 16.6. The quantitative estimate of drug-likeness (QED) is 0.0261. The normalized spacial score (nSPS) is 12.2. The molecule has 0 saturated heterocycles. The summed E-state index contributed by atoms with van der Waals surface area (Å²) in [6.45, 7) is 6.63. The van der Waals surface area contributed by atoms with Gasteiger partial charge in [0.25, 0.3) is 0 Å². The highest BCUT2D eigenvalue weighted by Gasteiger charge is 2.19. The van der Waals surface area contributed by atoms with Crippen LogP contribution in [0.1, 0.15) is 348 Å². The Labute approximate surface area is 448 Å². The van der Waals surface area contributed by atoms with Gasteiger partial charge in [-0.25, -0.2) is 0 Å². The molecule has 6 heteroatoms. The van der Waals surface area contributed by atoms with Gasteiger partial charge in [-0.3, -0.25) is 14.4 Å². The number of hydrogen-bond donors (Lipinski definition) is 0. The summed E-state index contributed by atoms with van der Waals surface area (Å²) >= 11 is 0. The molecule has 422 valence electrons. The number of unbranched alkanes of at least 4 members (excludes halogenated alkanes) is 42. The van der Waals surface area contributed by atoms with E-state index in [2.05, 4.69) is 57.2 Å². The third-order valence-corrected chi connectivity index (χ3v) is 14.3. The van der Waals surface area contributed by atoms with E-state index in [1.54, 1.807) is 0 Å². The van der Waals surface area contributed by atoms with Gasteiger partial charge in [-0.2, -0.15) is 0 Å². The molecule has 72 heavy (non-hydrogen) atoms. The second-order valence-electron chi connectivity index (χ2n) is 21.7. The minimum atomic E-state index is -0.778. The molecular formula is C66H122O6. The molecule has 0 aromatic carbocycles. The SMILES string of the molecule is CCCC/C=C\CCCCCCCC(=O)OCC(COC(=O)CCCCCCCCCCCCCCCCC/C=C\CCCCCCCCCC)OC(=O)CCCCCCC/C=C\CCCCCCCCC. The molecule has 0 saturated carbocycles. The summed E-state index contributed by atoms with van der Waals surface area (Å²) in [5.41, 5.74) is 0. The molecule has 0 heterocycles. The molecular weight excluding hydrogens is 889 g/mol. The van der Waals surface area contributed by atoms with Crippen LogP contribution < -0.4 is 0 Å². The van der Waals surface area contributed by atoms with Crippen LogP contribution in [0.2, 0.25) is 0 Å². The Kier molecular flexibility index (Phi) is 59.2. The first-order valence-electron chi connectivity index (χ1n) is 32.0. The van der Waals surface area contributed by atoms with Gasteiger partial charge in [0.1, 0.15) is 13.2 Å². The minimum Gasteiger partial charge on any atom is -0.462 e. The molecule has 0 aliphatic rings. The lowest BCUT2D eigenvalue weighted by Crippen LogP contribution is -2.30. The van der Waals surface area contributed by atoms with Gasteiger partial charge >= 0.3 is 17.9 Å². The van der Waals surface area contributed by atoms with Crippen molar-refractivity contribution in [2.24, 2.45) is 0 Å². The summed E-state index contributed by atoms with van der Waals surface area (Å²) in [7, 11) is 0. The van der Waals surface area contributed by atoms with Gasteiger partial charge in [-0.05, 0) is 89.9 Å². The molecule has 0 bridgehead atoms. The largest absolute Gasteiger partial charge is 0.462 e. The molecule has 0 fully saturated rings. The van der Waals surface area contributed by atoms with E-state index >= 15 is 0 Å². The number of carbonyl (C=O) groups excluding carboxylic acids is 3. The third-order valence-electron chi connectivity index (χ3n) is 14.3. The van der Waals surface area contributed by atoms with Gasteiger partial charge in [0.2, 0.25) is 0 Å². The number of esters is 3. The summed E-state index contributed by atoms with van der Waals surface area (Å²) < 4.78 is 16.9. The van der Waals surface area contributed by atoms with Crippen molar-refractivity contribution >= 4 is 17.9 Å². The molecule has 1 unspecified atom stereocenters. The Morgan fingerprint density at radius 3 is 0.736 bits per heavy atom. The molecule has 0 spiro atoms. The molecule has 0 aliphatic heterocycles. The van der Waals surface area contributed by atoms with Gasteiger partial charge in [-0.15, -0.1) is 0 Å². The van der Waals surface area contributed by atoms with E-state index in [-0.39, 0.29) is 31.1 Å². The summed E-state index contributed by atoms with van der Waals surface area (Å²) in [6, 6.07) is 0. The fourth-order valence-electron chi connectivity index (χ4n) is 9.47. The Hall–Kier alpha value is -2.37. The molecule has 0 rings (SSSR count). The number of ether oxygens (including phenoxy) is 3. The fraction of sp³-hybridized carbons (Fsp3) is 0.864. The summed E-state index contributed by atoms with van der Waals surface area (Å²) in [4.78, 5) is 38.2. The molecule has 0 N–H and O–H groups in total. The van der Waals surface area contributed by atoms with Crippen LogP contribution in [-0.4, -0.2) is 37.2 Å². The molecule has 0 amide bonds. The van der Waals surface area contributed by atoms with Crippen molar-refractivity contribution in [1.82, 2.24) is 0 Å². The highest BCUT2D eigenvalue weighted by molar-refractivity contribution is 5.71. The summed E-state index contributed by atoms with van der Waals surface area (Å²) in [6.07, 6.45) is 74.5. The van der Waals surface area contributed by atoms with Crippen LogP contribution in [0, 0.1) is 0 Å². The number of rotatable bonds is 59. The van der Waals surface area contributed by atoms with E-state index in [9.17, 15) is 14.4 Å². The zero-order valence-electron chi connectivity index (χ0n) is 48.5. The third kappa shape index (κ3) is 58.5. The molecule has 6 nitrogen and oxygen atoms in total. The van der Waals surface area contributed by atoms with Crippen LogP contribution in [0.3, 0.4) is 0 Å². The molecule has 0 radical (unpaired) electrons. The Morgan fingerprint density at radius 1 is 0.264 bits per heavy atom. The Morgan fingerprint density at radius 2 is 0.472 bits per heavy atom. The molecule has 0 aromatic heterocycles. The maximum atomic E-state index is 12.9. The number of allylic oxidation sites excluding steroid dienone is 6. The van der Waals surface area contributed by atoms with Crippen LogP contribution in [0.15, 0.2) is 36.5 Å². The predicted octanol–water partition coefficient (Wildman–Crippen LogP) is 21.6. The van der Waals surface area contributed by atoms with Gasteiger partial charge in [-0.1, -0.05) is 276 Å².